The average molecular weight is 170 g/mol. The van der Waals surface area contributed by atoms with Crippen LogP contribution in [0.2, 0.25) is 0 Å². The van der Waals surface area contributed by atoms with Crippen molar-refractivity contribution in [1.82, 2.24) is 0 Å². The van der Waals surface area contributed by atoms with E-state index >= 15 is 0 Å². The van der Waals surface area contributed by atoms with Gasteiger partial charge in [-0.05, 0) is 5.57 Å². The predicted octanol–water partition coefficient (Wildman–Crippen LogP) is -0.166. The first-order chi connectivity index (χ1) is 5.61. The van der Waals surface area contributed by atoms with E-state index in [2.05, 4.69) is 0 Å². The van der Waals surface area contributed by atoms with Crippen LogP contribution in [-0.4, -0.2) is 34.6 Å². The Morgan fingerprint density at radius 1 is 1.50 bits per heavy atom. The quantitative estimate of drug-likeness (QED) is 0.504. The maximum absolute atomic E-state index is 9.30. The van der Waals surface area contributed by atoms with Crippen molar-refractivity contribution in [3.63, 3.8) is 0 Å². The van der Waals surface area contributed by atoms with Crippen LogP contribution in [0.15, 0.2) is 23.8 Å². The van der Waals surface area contributed by atoms with Crippen molar-refractivity contribution in [2.24, 2.45) is 5.41 Å². The molecule has 0 aliphatic heterocycles. The second-order valence-corrected chi connectivity index (χ2v) is 3.35. The van der Waals surface area contributed by atoms with Crippen LogP contribution in [-0.2, 0) is 0 Å². The van der Waals surface area contributed by atoms with Crippen molar-refractivity contribution in [3.8, 4) is 0 Å². The highest BCUT2D eigenvalue weighted by atomic mass is 16.3. The van der Waals surface area contributed by atoms with Crippen LogP contribution in [0.4, 0.5) is 0 Å². The lowest BCUT2D eigenvalue weighted by Crippen LogP contribution is -2.25. The Morgan fingerprint density at radius 3 is 2.67 bits per heavy atom. The monoisotopic (exact) mass is 170 g/mol. The molecule has 0 amide bonds. The van der Waals surface area contributed by atoms with Gasteiger partial charge in [-0.15, -0.1) is 0 Å². The third-order valence-corrected chi connectivity index (χ3v) is 2.08. The maximum atomic E-state index is 9.30. The minimum atomic E-state index is -0.699. The zero-order valence-electron chi connectivity index (χ0n) is 7.07. The van der Waals surface area contributed by atoms with E-state index in [4.69, 9.17) is 10.2 Å². The number of hydrogen-bond donors (Lipinski definition) is 3. The number of aliphatic hydroxyl groups is 3. The lowest BCUT2D eigenvalue weighted by Gasteiger charge is -2.26. The summed E-state index contributed by atoms with van der Waals surface area (Å²) in [5.41, 5.74) is 0.117. The smallest absolute Gasteiger partial charge is 0.0954 e. The van der Waals surface area contributed by atoms with Crippen molar-refractivity contribution >= 4 is 0 Å². The van der Waals surface area contributed by atoms with E-state index in [1.54, 1.807) is 18.2 Å². The summed E-state index contributed by atoms with van der Waals surface area (Å²) in [5, 5.41) is 27.1. The molecule has 68 valence electrons. The standard InChI is InChI=1S/C9H14O3/c1-9(6-11)3-2-8(12)7(4-9)5-10/h2-4,8,10-12H,5-6H2,1H3. The molecule has 0 spiro atoms. The van der Waals surface area contributed by atoms with E-state index in [9.17, 15) is 5.11 Å². The van der Waals surface area contributed by atoms with Gasteiger partial charge in [0.25, 0.3) is 0 Å². The molecule has 0 radical (unpaired) electrons. The van der Waals surface area contributed by atoms with Gasteiger partial charge in [0.05, 0.1) is 19.3 Å². The third kappa shape index (κ3) is 1.75. The molecule has 0 saturated heterocycles. The molecule has 2 unspecified atom stereocenters. The minimum Gasteiger partial charge on any atom is -0.395 e. The molecule has 0 aromatic heterocycles. The van der Waals surface area contributed by atoms with Gasteiger partial charge in [0.2, 0.25) is 0 Å². The van der Waals surface area contributed by atoms with Crippen LogP contribution < -0.4 is 0 Å². The van der Waals surface area contributed by atoms with E-state index in [1.165, 1.54) is 0 Å². The van der Waals surface area contributed by atoms with Crippen molar-refractivity contribution in [3.05, 3.63) is 23.8 Å². The van der Waals surface area contributed by atoms with E-state index in [0.717, 1.165) is 0 Å². The van der Waals surface area contributed by atoms with Gasteiger partial charge in [0, 0.05) is 5.41 Å². The summed E-state index contributed by atoms with van der Waals surface area (Å²) in [5.74, 6) is 0. The number of hydrogen-bond acceptors (Lipinski definition) is 3. The number of rotatable bonds is 2. The highest BCUT2D eigenvalue weighted by Crippen LogP contribution is 2.27. The Bertz CT molecular complexity index is 220. The molecule has 1 aliphatic rings. The van der Waals surface area contributed by atoms with Gasteiger partial charge in [-0.1, -0.05) is 25.2 Å². The number of aliphatic hydroxyl groups excluding tert-OH is 3. The Labute approximate surface area is 71.7 Å². The van der Waals surface area contributed by atoms with Gasteiger partial charge in [0.15, 0.2) is 0 Å². The van der Waals surface area contributed by atoms with Crippen molar-refractivity contribution in [1.29, 1.82) is 0 Å². The molecule has 12 heavy (non-hydrogen) atoms. The zero-order chi connectivity index (χ0) is 9.19. The average Bonchev–Trinajstić information content (AvgIpc) is 2.10. The molecular weight excluding hydrogens is 156 g/mol. The Balaban J connectivity index is 2.86. The summed E-state index contributed by atoms with van der Waals surface area (Å²) in [4.78, 5) is 0. The SMILES string of the molecule is CC1(CO)C=CC(O)C(CO)=C1. The van der Waals surface area contributed by atoms with Gasteiger partial charge < -0.3 is 15.3 Å². The summed E-state index contributed by atoms with van der Waals surface area (Å²) in [6.07, 6.45) is 4.34. The van der Waals surface area contributed by atoms with E-state index < -0.39 is 11.5 Å². The molecule has 1 rings (SSSR count). The highest BCUT2D eigenvalue weighted by molar-refractivity contribution is 5.28. The molecular formula is C9H14O3. The van der Waals surface area contributed by atoms with Crippen LogP contribution in [0.25, 0.3) is 0 Å². The van der Waals surface area contributed by atoms with Crippen LogP contribution >= 0.6 is 0 Å². The van der Waals surface area contributed by atoms with Crippen LogP contribution in [0.1, 0.15) is 6.92 Å². The van der Waals surface area contributed by atoms with E-state index in [-0.39, 0.29) is 13.2 Å². The first-order valence-electron chi connectivity index (χ1n) is 3.92. The molecule has 0 aromatic rings. The summed E-state index contributed by atoms with van der Waals surface area (Å²) < 4.78 is 0. The largest absolute Gasteiger partial charge is 0.395 e. The Kier molecular flexibility index (Phi) is 2.67. The predicted molar refractivity (Wildman–Crippen MR) is 45.5 cm³/mol. The van der Waals surface area contributed by atoms with Crippen LogP contribution in [0.3, 0.4) is 0 Å². The fourth-order valence-electron chi connectivity index (χ4n) is 1.23. The van der Waals surface area contributed by atoms with Gasteiger partial charge in [-0.2, -0.15) is 0 Å². The Morgan fingerprint density at radius 2 is 2.17 bits per heavy atom. The van der Waals surface area contributed by atoms with Gasteiger partial charge >= 0.3 is 0 Å². The summed E-state index contributed by atoms with van der Waals surface area (Å²) in [6.45, 7) is 1.66. The topological polar surface area (TPSA) is 60.7 Å². The minimum absolute atomic E-state index is 0.0142. The molecule has 1 aliphatic carbocycles. The maximum Gasteiger partial charge on any atom is 0.0954 e. The zero-order valence-corrected chi connectivity index (χ0v) is 7.07. The highest BCUT2D eigenvalue weighted by Gasteiger charge is 2.23. The molecule has 0 aromatic carbocycles. The molecule has 0 bridgehead atoms. The van der Waals surface area contributed by atoms with Crippen molar-refractivity contribution in [2.45, 2.75) is 13.0 Å². The second-order valence-electron chi connectivity index (χ2n) is 3.35. The molecule has 0 fully saturated rings. The molecule has 2 atom stereocenters. The molecule has 3 nitrogen and oxygen atoms in total. The van der Waals surface area contributed by atoms with Crippen LogP contribution in [0, 0.1) is 5.41 Å². The first-order valence-corrected chi connectivity index (χ1v) is 3.92. The fourth-order valence-corrected chi connectivity index (χ4v) is 1.23. The molecule has 0 saturated carbocycles. The normalized spacial score (nSPS) is 35.0. The molecule has 0 heterocycles. The fraction of sp³-hybridized carbons (Fsp3) is 0.556. The first kappa shape index (κ1) is 9.45. The third-order valence-electron chi connectivity index (χ3n) is 2.08. The van der Waals surface area contributed by atoms with Gasteiger partial charge in [-0.3, -0.25) is 0 Å². The van der Waals surface area contributed by atoms with Crippen molar-refractivity contribution < 1.29 is 15.3 Å². The van der Waals surface area contributed by atoms with Crippen molar-refractivity contribution in [2.75, 3.05) is 13.2 Å². The molecule has 3 heteroatoms. The molecule has 3 N–H and O–H groups in total. The van der Waals surface area contributed by atoms with E-state index in [0.29, 0.717) is 5.57 Å². The summed E-state index contributed by atoms with van der Waals surface area (Å²) in [6, 6.07) is 0. The summed E-state index contributed by atoms with van der Waals surface area (Å²) >= 11 is 0. The summed E-state index contributed by atoms with van der Waals surface area (Å²) in [7, 11) is 0. The van der Waals surface area contributed by atoms with Gasteiger partial charge in [-0.25, -0.2) is 0 Å². The lowest BCUT2D eigenvalue weighted by atomic mass is 9.83. The van der Waals surface area contributed by atoms with Gasteiger partial charge in [0.1, 0.15) is 0 Å². The van der Waals surface area contributed by atoms with Crippen LogP contribution in [0.5, 0.6) is 0 Å². The second kappa shape index (κ2) is 3.39. The Hall–Kier alpha value is -0.640. The lowest BCUT2D eigenvalue weighted by molar-refractivity contribution is 0.192. The van der Waals surface area contributed by atoms with E-state index in [1.807, 2.05) is 6.92 Å².